The minimum Gasteiger partial charge on any atom is -0.383 e. The minimum atomic E-state index is -1.01. The van der Waals surface area contributed by atoms with Gasteiger partial charge in [0.05, 0.1) is 16.3 Å². The van der Waals surface area contributed by atoms with Crippen molar-refractivity contribution < 1.29 is 9.50 Å². The van der Waals surface area contributed by atoms with Crippen LogP contribution in [0.3, 0.4) is 0 Å². The molecule has 162 valence electrons. The summed E-state index contributed by atoms with van der Waals surface area (Å²) in [4.78, 5) is 14.6. The Hall–Kier alpha value is -2.42. The summed E-state index contributed by atoms with van der Waals surface area (Å²) in [5.41, 5.74) is 0.624. The first-order valence-electron chi connectivity index (χ1n) is 10.9. The number of nitrogens with one attached hydrogen (secondary N) is 2. The van der Waals surface area contributed by atoms with Crippen LogP contribution >= 0.6 is 11.3 Å². The summed E-state index contributed by atoms with van der Waals surface area (Å²) in [5, 5.41) is 18.6. The number of aliphatic hydroxyl groups is 1. The van der Waals surface area contributed by atoms with Gasteiger partial charge in [0, 0.05) is 17.8 Å². The molecule has 0 atom stereocenters. The SMILES string of the molecule is OC1(c2nc(-c3ccccc3F)c(-c3ccnc(NC4CCCC4)n3)s2)CCNCC1. The highest BCUT2D eigenvalue weighted by molar-refractivity contribution is 7.15. The van der Waals surface area contributed by atoms with E-state index in [-0.39, 0.29) is 5.82 Å². The number of rotatable bonds is 5. The van der Waals surface area contributed by atoms with E-state index in [1.54, 1.807) is 24.4 Å². The Balaban J connectivity index is 1.57. The van der Waals surface area contributed by atoms with Crippen LogP contribution in [-0.2, 0) is 5.60 Å². The van der Waals surface area contributed by atoms with Crippen molar-refractivity contribution in [2.75, 3.05) is 18.4 Å². The van der Waals surface area contributed by atoms with Crippen LogP contribution in [0.2, 0.25) is 0 Å². The van der Waals surface area contributed by atoms with Crippen molar-refractivity contribution in [2.24, 2.45) is 0 Å². The summed E-state index contributed by atoms with van der Waals surface area (Å²) in [6, 6.07) is 8.85. The molecule has 3 heterocycles. The molecule has 0 bridgehead atoms. The number of aromatic nitrogens is 3. The lowest BCUT2D eigenvalue weighted by molar-refractivity contribution is 0.00581. The zero-order valence-corrected chi connectivity index (χ0v) is 18.1. The van der Waals surface area contributed by atoms with Crippen LogP contribution in [0.15, 0.2) is 36.5 Å². The van der Waals surface area contributed by atoms with Crippen molar-refractivity contribution in [3.8, 4) is 21.8 Å². The van der Waals surface area contributed by atoms with Crippen LogP contribution in [0.1, 0.15) is 43.5 Å². The quantitative estimate of drug-likeness (QED) is 0.549. The highest BCUT2D eigenvalue weighted by Gasteiger charge is 2.36. The summed E-state index contributed by atoms with van der Waals surface area (Å²) in [5.74, 6) is 0.246. The molecule has 1 saturated carbocycles. The summed E-state index contributed by atoms with van der Waals surface area (Å²) >= 11 is 1.40. The minimum absolute atomic E-state index is 0.337. The molecule has 2 fully saturated rings. The Kier molecular flexibility index (Phi) is 5.69. The van der Waals surface area contributed by atoms with E-state index in [1.165, 1.54) is 30.2 Å². The Morgan fingerprint density at radius 1 is 1.10 bits per heavy atom. The second kappa shape index (κ2) is 8.61. The summed E-state index contributed by atoms with van der Waals surface area (Å²) in [6.07, 6.45) is 7.58. The van der Waals surface area contributed by atoms with Gasteiger partial charge in [0.2, 0.25) is 5.95 Å². The van der Waals surface area contributed by atoms with Crippen LogP contribution in [0.4, 0.5) is 10.3 Å². The molecule has 0 spiro atoms. The molecule has 0 amide bonds. The van der Waals surface area contributed by atoms with Crippen LogP contribution in [0.5, 0.6) is 0 Å². The Morgan fingerprint density at radius 3 is 2.65 bits per heavy atom. The van der Waals surface area contributed by atoms with Crippen molar-refractivity contribution in [1.29, 1.82) is 0 Å². The summed E-state index contributed by atoms with van der Waals surface area (Å²) in [7, 11) is 0. The van der Waals surface area contributed by atoms with Crippen molar-refractivity contribution in [3.05, 3.63) is 47.4 Å². The highest BCUT2D eigenvalue weighted by Crippen LogP contribution is 2.42. The van der Waals surface area contributed by atoms with Gasteiger partial charge in [-0.2, -0.15) is 0 Å². The molecule has 0 radical (unpaired) electrons. The molecule has 3 N–H and O–H groups in total. The number of thiazole rings is 1. The number of piperidine rings is 1. The number of hydrogen-bond acceptors (Lipinski definition) is 7. The summed E-state index contributed by atoms with van der Waals surface area (Å²) < 4.78 is 14.7. The fraction of sp³-hybridized carbons (Fsp3) is 0.435. The van der Waals surface area contributed by atoms with Crippen LogP contribution in [-0.4, -0.2) is 39.2 Å². The largest absolute Gasteiger partial charge is 0.383 e. The molecule has 5 rings (SSSR count). The molecule has 0 unspecified atom stereocenters. The van der Waals surface area contributed by atoms with E-state index in [9.17, 15) is 9.50 Å². The van der Waals surface area contributed by atoms with Gasteiger partial charge >= 0.3 is 0 Å². The van der Waals surface area contributed by atoms with Crippen molar-refractivity contribution in [2.45, 2.75) is 50.2 Å². The van der Waals surface area contributed by atoms with Gasteiger partial charge in [0.1, 0.15) is 16.4 Å². The fourth-order valence-electron chi connectivity index (χ4n) is 4.39. The van der Waals surface area contributed by atoms with Crippen molar-refractivity contribution >= 4 is 17.3 Å². The van der Waals surface area contributed by atoms with E-state index < -0.39 is 5.60 Å². The molecule has 31 heavy (non-hydrogen) atoms. The smallest absolute Gasteiger partial charge is 0.223 e. The molecule has 8 heteroatoms. The van der Waals surface area contributed by atoms with Gasteiger partial charge in [0.15, 0.2) is 0 Å². The maximum Gasteiger partial charge on any atom is 0.223 e. The standard InChI is InChI=1S/C23H26FN5OS/c24-17-8-4-3-7-16(17)19-20(31-21(29-19)23(30)10-13-25-14-11-23)18-9-12-26-22(28-18)27-15-5-1-2-6-15/h3-4,7-9,12,15,25,30H,1-2,5-6,10-11,13-14H2,(H,26,27,28). The molecule has 1 aliphatic heterocycles. The second-order valence-corrected chi connectivity index (χ2v) is 9.35. The normalized spacial score (nSPS) is 18.9. The Bertz CT molecular complexity index is 1060. The first-order valence-corrected chi connectivity index (χ1v) is 11.7. The van der Waals surface area contributed by atoms with Gasteiger partial charge in [-0.1, -0.05) is 25.0 Å². The lowest BCUT2D eigenvalue weighted by Crippen LogP contribution is -2.39. The molecule has 2 aromatic heterocycles. The third kappa shape index (κ3) is 4.20. The topological polar surface area (TPSA) is 83.0 Å². The monoisotopic (exact) mass is 439 g/mol. The molecule has 1 saturated heterocycles. The molecule has 3 aromatic rings. The fourth-order valence-corrected chi connectivity index (χ4v) is 5.59. The molecular formula is C23H26FN5OS. The molecule has 2 aliphatic rings. The molecule has 6 nitrogen and oxygen atoms in total. The van der Waals surface area contributed by atoms with Gasteiger partial charge in [-0.15, -0.1) is 11.3 Å². The van der Waals surface area contributed by atoms with Crippen molar-refractivity contribution in [1.82, 2.24) is 20.3 Å². The lowest BCUT2D eigenvalue weighted by atomic mass is 9.93. The zero-order chi connectivity index (χ0) is 21.3. The van der Waals surface area contributed by atoms with Gasteiger partial charge < -0.3 is 15.7 Å². The average molecular weight is 440 g/mol. The Labute approximate surface area is 185 Å². The van der Waals surface area contributed by atoms with E-state index in [1.807, 2.05) is 6.07 Å². The van der Waals surface area contributed by atoms with Gasteiger partial charge in [0.25, 0.3) is 0 Å². The van der Waals surface area contributed by atoms with Crippen LogP contribution in [0.25, 0.3) is 21.8 Å². The predicted octanol–water partition coefficient (Wildman–Crippen LogP) is 4.33. The zero-order valence-electron chi connectivity index (χ0n) is 17.3. The molecule has 1 aliphatic carbocycles. The molecule has 1 aromatic carbocycles. The van der Waals surface area contributed by atoms with Crippen molar-refractivity contribution in [3.63, 3.8) is 0 Å². The van der Waals surface area contributed by atoms with E-state index in [2.05, 4.69) is 15.6 Å². The number of nitrogens with zero attached hydrogens (tertiary/aromatic N) is 3. The van der Waals surface area contributed by atoms with E-state index in [0.717, 1.165) is 30.8 Å². The van der Waals surface area contributed by atoms with Gasteiger partial charge in [-0.25, -0.2) is 19.3 Å². The lowest BCUT2D eigenvalue weighted by Gasteiger charge is -2.30. The maximum atomic E-state index is 14.7. The first kappa shape index (κ1) is 20.5. The van der Waals surface area contributed by atoms with Gasteiger partial charge in [-0.05, 0) is 57.0 Å². The number of benzene rings is 1. The highest BCUT2D eigenvalue weighted by atomic mass is 32.1. The summed E-state index contributed by atoms with van der Waals surface area (Å²) in [6.45, 7) is 1.45. The number of halogens is 1. The second-order valence-electron chi connectivity index (χ2n) is 8.35. The third-order valence-electron chi connectivity index (χ3n) is 6.16. The van der Waals surface area contributed by atoms with E-state index in [0.29, 0.717) is 46.8 Å². The third-order valence-corrected chi connectivity index (χ3v) is 7.43. The first-order chi connectivity index (χ1) is 15.1. The van der Waals surface area contributed by atoms with E-state index >= 15 is 0 Å². The number of anilines is 1. The van der Waals surface area contributed by atoms with Crippen LogP contribution in [0, 0.1) is 5.82 Å². The van der Waals surface area contributed by atoms with Crippen LogP contribution < -0.4 is 10.6 Å². The maximum absolute atomic E-state index is 14.7. The number of hydrogen-bond donors (Lipinski definition) is 3. The van der Waals surface area contributed by atoms with E-state index in [4.69, 9.17) is 9.97 Å². The molecular weight excluding hydrogens is 413 g/mol. The average Bonchev–Trinajstić information content (AvgIpc) is 3.45. The predicted molar refractivity (Wildman–Crippen MR) is 120 cm³/mol. The van der Waals surface area contributed by atoms with Gasteiger partial charge in [-0.3, -0.25) is 0 Å². The Morgan fingerprint density at radius 2 is 1.87 bits per heavy atom.